The number of hydrogen-bond acceptors (Lipinski definition) is 5. The summed E-state index contributed by atoms with van der Waals surface area (Å²) in [6.45, 7) is 1.36. The van der Waals surface area contributed by atoms with E-state index in [0.717, 1.165) is 0 Å². The number of rotatable bonds is 4. The topological polar surface area (TPSA) is 91.4 Å². The number of aromatic nitrogens is 1. The first-order valence-electron chi connectivity index (χ1n) is 4.31. The van der Waals surface area contributed by atoms with Gasteiger partial charge in [0, 0.05) is 0 Å². The van der Waals surface area contributed by atoms with Crippen LogP contribution in [0.5, 0.6) is 0 Å². The largest absolute Gasteiger partial charge is 0.397 e. The smallest absolute Gasteiger partial charge is 0.126 e. The highest BCUT2D eigenvalue weighted by Gasteiger charge is 2.21. The first-order valence-corrected chi connectivity index (χ1v) is 4.31. The van der Waals surface area contributed by atoms with Crippen molar-refractivity contribution in [2.24, 2.45) is 0 Å². The van der Waals surface area contributed by atoms with E-state index in [9.17, 15) is 0 Å². The predicted octanol–water partition coefficient (Wildman–Crippen LogP) is -0.181. The van der Waals surface area contributed by atoms with E-state index in [0.29, 0.717) is 11.5 Å². The fraction of sp³-hybridized carbons (Fsp3) is 0.444. The molecule has 78 valence electrons. The molecule has 5 heteroatoms. The van der Waals surface area contributed by atoms with Gasteiger partial charge in [-0.2, -0.15) is 0 Å². The molecule has 0 radical (unpaired) electrons. The second kappa shape index (κ2) is 4.26. The van der Waals surface area contributed by atoms with E-state index in [1.165, 1.54) is 6.20 Å². The van der Waals surface area contributed by atoms with Gasteiger partial charge < -0.3 is 21.3 Å². The van der Waals surface area contributed by atoms with E-state index in [-0.39, 0.29) is 13.2 Å². The van der Waals surface area contributed by atoms with Crippen LogP contribution in [0.3, 0.4) is 0 Å². The average Bonchev–Trinajstić information content (AvgIpc) is 2.21. The molecule has 0 saturated carbocycles. The van der Waals surface area contributed by atoms with Crippen molar-refractivity contribution in [3.63, 3.8) is 0 Å². The van der Waals surface area contributed by atoms with Crippen LogP contribution in [0.15, 0.2) is 18.3 Å². The highest BCUT2D eigenvalue weighted by molar-refractivity contribution is 5.45. The van der Waals surface area contributed by atoms with Gasteiger partial charge in [-0.15, -0.1) is 0 Å². The highest BCUT2D eigenvalue weighted by atomic mass is 16.3. The number of aliphatic hydroxyl groups is 2. The van der Waals surface area contributed by atoms with Crippen LogP contribution < -0.4 is 11.1 Å². The maximum Gasteiger partial charge on any atom is 0.126 e. The van der Waals surface area contributed by atoms with E-state index >= 15 is 0 Å². The summed E-state index contributed by atoms with van der Waals surface area (Å²) in [6, 6.07) is 3.39. The number of pyridine rings is 1. The van der Waals surface area contributed by atoms with E-state index in [2.05, 4.69) is 10.3 Å². The predicted molar refractivity (Wildman–Crippen MR) is 54.8 cm³/mol. The number of nitrogen functional groups attached to an aromatic ring is 1. The van der Waals surface area contributed by atoms with Gasteiger partial charge in [0.05, 0.1) is 30.6 Å². The highest BCUT2D eigenvalue weighted by Crippen LogP contribution is 2.13. The van der Waals surface area contributed by atoms with Gasteiger partial charge in [0.15, 0.2) is 0 Å². The summed E-state index contributed by atoms with van der Waals surface area (Å²) in [6.07, 6.45) is 1.51. The minimum Gasteiger partial charge on any atom is -0.397 e. The number of anilines is 2. The molecule has 5 nitrogen and oxygen atoms in total. The van der Waals surface area contributed by atoms with Crippen molar-refractivity contribution in [3.8, 4) is 0 Å². The third kappa shape index (κ3) is 2.58. The third-order valence-corrected chi connectivity index (χ3v) is 1.91. The molecule has 5 N–H and O–H groups in total. The van der Waals surface area contributed by atoms with Crippen LogP contribution in [0.1, 0.15) is 6.92 Å². The molecule has 1 heterocycles. The van der Waals surface area contributed by atoms with E-state index in [1.807, 2.05) is 0 Å². The molecule has 0 atom stereocenters. The molecule has 0 unspecified atom stereocenters. The van der Waals surface area contributed by atoms with Crippen LogP contribution >= 0.6 is 0 Å². The Bertz CT molecular complexity index is 283. The SMILES string of the molecule is CC(CO)(CO)Nc1ccc(N)cn1. The molecule has 0 saturated heterocycles. The van der Waals surface area contributed by atoms with Crippen LogP contribution in [0, 0.1) is 0 Å². The molecular weight excluding hydrogens is 182 g/mol. The molecule has 0 aliphatic carbocycles. The van der Waals surface area contributed by atoms with Gasteiger partial charge in [0.2, 0.25) is 0 Å². The Morgan fingerprint density at radius 2 is 2.07 bits per heavy atom. The molecule has 14 heavy (non-hydrogen) atoms. The van der Waals surface area contributed by atoms with Gasteiger partial charge in [0.1, 0.15) is 5.82 Å². The zero-order valence-corrected chi connectivity index (χ0v) is 8.07. The molecule has 1 aromatic rings. The lowest BCUT2D eigenvalue weighted by molar-refractivity contribution is 0.147. The molecule has 0 aliphatic heterocycles. The van der Waals surface area contributed by atoms with Crippen LogP contribution in [0.2, 0.25) is 0 Å². The summed E-state index contributed by atoms with van der Waals surface area (Å²) in [4.78, 5) is 4.00. The Balaban J connectivity index is 2.72. The Labute approximate surface area is 82.6 Å². The maximum absolute atomic E-state index is 9.03. The zero-order chi connectivity index (χ0) is 10.6. The van der Waals surface area contributed by atoms with Gasteiger partial charge in [0.25, 0.3) is 0 Å². The maximum atomic E-state index is 9.03. The van der Waals surface area contributed by atoms with Crippen molar-refractivity contribution in [1.29, 1.82) is 0 Å². The average molecular weight is 197 g/mol. The Morgan fingerprint density at radius 1 is 1.43 bits per heavy atom. The van der Waals surface area contributed by atoms with Crippen molar-refractivity contribution in [1.82, 2.24) is 4.98 Å². The number of nitrogens with two attached hydrogens (primary N) is 1. The molecule has 1 aromatic heterocycles. The summed E-state index contributed by atoms with van der Waals surface area (Å²) in [5.41, 5.74) is 5.28. The van der Waals surface area contributed by atoms with Crippen LogP contribution in [0.4, 0.5) is 11.5 Å². The lowest BCUT2D eigenvalue weighted by atomic mass is 10.1. The van der Waals surface area contributed by atoms with Gasteiger partial charge in [-0.05, 0) is 19.1 Å². The minimum absolute atomic E-state index is 0.171. The first-order chi connectivity index (χ1) is 6.59. The Morgan fingerprint density at radius 3 is 2.50 bits per heavy atom. The number of nitrogens with one attached hydrogen (secondary N) is 1. The Hall–Kier alpha value is -1.33. The molecule has 0 bridgehead atoms. The number of nitrogens with zero attached hydrogens (tertiary/aromatic N) is 1. The molecule has 1 rings (SSSR count). The molecular formula is C9H15N3O2. The minimum atomic E-state index is -0.761. The summed E-state index contributed by atoms with van der Waals surface area (Å²) >= 11 is 0. The van der Waals surface area contributed by atoms with E-state index in [4.69, 9.17) is 15.9 Å². The normalized spacial score (nSPS) is 11.4. The lowest BCUT2D eigenvalue weighted by Crippen LogP contribution is -2.42. The molecule has 0 fully saturated rings. The van der Waals surface area contributed by atoms with Crippen molar-refractivity contribution in [2.75, 3.05) is 24.3 Å². The Kier molecular flexibility index (Phi) is 3.27. The zero-order valence-electron chi connectivity index (χ0n) is 8.07. The van der Waals surface area contributed by atoms with Gasteiger partial charge in [-0.1, -0.05) is 0 Å². The van der Waals surface area contributed by atoms with Crippen LogP contribution in [-0.4, -0.2) is 33.9 Å². The molecule has 0 aromatic carbocycles. The van der Waals surface area contributed by atoms with Gasteiger partial charge in [-0.3, -0.25) is 0 Å². The lowest BCUT2D eigenvalue weighted by Gasteiger charge is -2.26. The van der Waals surface area contributed by atoms with Crippen molar-refractivity contribution >= 4 is 11.5 Å². The molecule has 0 aliphatic rings. The third-order valence-electron chi connectivity index (χ3n) is 1.91. The first kappa shape index (κ1) is 10.7. The van der Waals surface area contributed by atoms with Crippen LogP contribution in [0.25, 0.3) is 0 Å². The van der Waals surface area contributed by atoms with Crippen molar-refractivity contribution in [2.45, 2.75) is 12.5 Å². The van der Waals surface area contributed by atoms with Crippen molar-refractivity contribution < 1.29 is 10.2 Å². The summed E-state index contributed by atoms with van der Waals surface area (Å²) < 4.78 is 0. The number of hydrogen-bond donors (Lipinski definition) is 4. The monoisotopic (exact) mass is 197 g/mol. The van der Waals surface area contributed by atoms with Crippen molar-refractivity contribution in [3.05, 3.63) is 18.3 Å². The molecule has 0 amide bonds. The van der Waals surface area contributed by atoms with Gasteiger partial charge in [-0.25, -0.2) is 4.98 Å². The second-order valence-electron chi connectivity index (χ2n) is 3.48. The summed E-state index contributed by atoms with van der Waals surface area (Å²) in [5, 5.41) is 21.0. The van der Waals surface area contributed by atoms with E-state index < -0.39 is 5.54 Å². The number of aliphatic hydroxyl groups excluding tert-OH is 2. The quantitative estimate of drug-likeness (QED) is 0.537. The van der Waals surface area contributed by atoms with Crippen LogP contribution in [-0.2, 0) is 0 Å². The van der Waals surface area contributed by atoms with Gasteiger partial charge >= 0.3 is 0 Å². The van der Waals surface area contributed by atoms with E-state index in [1.54, 1.807) is 19.1 Å². The summed E-state index contributed by atoms with van der Waals surface area (Å²) in [7, 11) is 0. The second-order valence-corrected chi connectivity index (χ2v) is 3.48. The molecule has 0 spiro atoms. The fourth-order valence-corrected chi connectivity index (χ4v) is 0.917. The standard InChI is InChI=1S/C9H15N3O2/c1-9(5-13,6-14)12-8-3-2-7(10)4-11-8/h2-4,13-14H,5-6,10H2,1H3,(H,11,12). The fourth-order valence-electron chi connectivity index (χ4n) is 0.917. The summed E-state index contributed by atoms with van der Waals surface area (Å²) in [5.74, 6) is 0.574.